The summed E-state index contributed by atoms with van der Waals surface area (Å²) in [6.45, 7) is 1.50. The fourth-order valence-electron chi connectivity index (χ4n) is 3.32. The molecule has 1 aliphatic heterocycles. The van der Waals surface area contributed by atoms with Crippen LogP contribution in [-0.4, -0.2) is 30.2 Å². The van der Waals surface area contributed by atoms with E-state index in [2.05, 4.69) is 5.32 Å². The van der Waals surface area contributed by atoms with Crippen molar-refractivity contribution >= 4 is 23.5 Å². The maximum atomic E-state index is 12.3. The molecule has 0 saturated heterocycles. The van der Waals surface area contributed by atoms with Crippen molar-refractivity contribution in [2.45, 2.75) is 38.6 Å². The topological polar surface area (TPSA) is 84.9 Å². The molecule has 1 aliphatic carbocycles. The number of amides is 1. The fraction of sp³-hybridized carbons (Fsp3) is 0.556. The van der Waals surface area contributed by atoms with Crippen LogP contribution in [0.25, 0.3) is 0 Å². The Balaban J connectivity index is 1.57. The smallest absolute Gasteiger partial charge is 0.306 e. The molecule has 0 aromatic heterocycles. The van der Waals surface area contributed by atoms with E-state index in [-0.39, 0.29) is 17.7 Å². The molecular formula is C18H22ClNO5. The van der Waals surface area contributed by atoms with Crippen molar-refractivity contribution in [2.24, 2.45) is 11.8 Å². The summed E-state index contributed by atoms with van der Waals surface area (Å²) < 4.78 is 11.2. The van der Waals surface area contributed by atoms with Crippen LogP contribution in [-0.2, 0) is 16.1 Å². The number of halogens is 1. The molecular weight excluding hydrogens is 346 g/mol. The Morgan fingerprint density at radius 1 is 1.12 bits per heavy atom. The van der Waals surface area contributed by atoms with Gasteiger partial charge < -0.3 is 19.9 Å². The van der Waals surface area contributed by atoms with E-state index in [1.807, 2.05) is 6.07 Å². The third kappa shape index (κ3) is 4.37. The lowest BCUT2D eigenvalue weighted by Gasteiger charge is -2.25. The van der Waals surface area contributed by atoms with Crippen molar-refractivity contribution in [3.8, 4) is 11.5 Å². The van der Waals surface area contributed by atoms with Crippen molar-refractivity contribution in [3.05, 3.63) is 22.7 Å². The Bertz CT molecular complexity index is 655. The number of benzene rings is 1. The van der Waals surface area contributed by atoms with Crippen LogP contribution in [0.5, 0.6) is 11.5 Å². The van der Waals surface area contributed by atoms with Gasteiger partial charge in [0.15, 0.2) is 11.5 Å². The Kier molecular flexibility index (Phi) is 5.68. The molecule has 1 aromatic rings. The zero-order valence-corrected chi connectivity index (χ0v) is 14.7. The highest BCUT2D eigenvalue weighted by Gasteiger charge is 2.29. The molecule has 0 unspecified atom stereocenters. The average molecular weight is 368 g/mol. The first kappa shape index (κ1) is 17.9. The first-order valence-electron chi connectivity index (χ1n) is 8.63. The molecule has 1 heterocycles. The van der Waals surface area contributed by atoms with Gasteiger partial charge in [0.1, 0.15) is 0 Å². The van der Waals surface area contributed by atoms with E-state index < -0.39 is 5.97 Å². The third-order valence-corrected chi connectivity index (χ3v) is 5.06. The molecule has 1 saturated carbocycles. The highest BCUT2D eigenvalue weighted by atomic mass is 35.5. The highest BCUT2D eigenvalue weighted by Crippen LogP contribution is 2.38. The quantitative estimate of drug-likeness (QED) is 0.854. The SMILES string of the molecule is O=C(O)C1CCC(C(=O)NCc2cc(Cl)c3c(c2)OCCCO3)CC1. The Labute approximate surface area is 151 Å². The van der Waals surface area contributed by atoms with Crippen molar-refractivity contribution < 1.29 is 24.2 Å². The molecule has 2 aliphatic rings. The predicted octanol–water partition coefficient (Wildman–Crippen LogP) is 3.01. The molecule has 1 amide bonds. The number of ether oxygens (including phenoxy) is 2. The molecule has 136 valence electrons. The van der Waals surface area contributed by atoms with Crippen LogP contribution in [0.15, 0.2) is 12.1 Å². The van der Waals surface area contributed by atoms with E-state index >= 15 is 0 Å². The number of nitrogens with one attached hydrogen (secondary N) is 1. The summed E-state index contributed by atoms with van der Waals surface area (Å²) in [4.78, 5) is 23.3. The molecule has 25 heavy (non-hydrogen) atoms. The van der Waals surface area contributed by atoms with Gasteiger partial charge in [-0.3, -0.25) is 9.59 Å². The molecule has 1 fully saturated rings. The van der Waals surface area contributed by atoms with Crippen molar-refractivity contribution in [1.29, 1.82) is 0 Å². The van der Waals surface area contributed by atoms with Gasteiger partial charge in [0.25, 0.3) is 0 Å². The van der Waals surface area contributed by atoms with Crippen LogP contribution >= 0.6 is 11.6 Å². The second-order valence-electron chi connectivity index (χ2n) is 6.56. The number of hydrogen-bond donors (Lipinski definition) is 2. The van der Waals surface area contributed by atoms with Gasteiger partial charge in [-0.1, -0.05) is 11.6 Å². The van der Waals surface area contributed by atoms with E-state index in [1.165, 1.54) is 0 Å². The first-order chi connectivity index (χ1) is 12.0. The van der Waals surface area contributed by atoms with Gasteiger partial charge in [0, 0.05) is 18.9 Å². The van der Waals surface area contributed by atoms with E-state index in [9.17, 15) is 9.59 Å². The minimum absolute atomic E-state index is 0.0351. The van der Waals surface area contributed by atoms with Gasteiger partial charge in [-0.2, -0.15) is 0 Å². The molecule has 3 rings (SSSR count). The average Bonchev–Trinajstić information content (AvgIpc) is 2.85. The van der Waals surface area contributed by atoms with Gasteiger partial charge in [-0.05, 0) is 43.4 Å². The normalized spacial score (nSPS) is 22.8. The van der Waals surface area contributed by atoms with Gasteiger partial charge in [0.2, 0.25) is 5.91 Å². The van der Waals surface area contributed by atoms with Crippen molar-refractivity contribution in [1.82, 2.24) is 5.32 Å². The summed E-state index contributed by atoms with van der Waals surface area (Å²) in [6, 6.07) is 3.62. The number of carbonyl (C=O) groups excluding carboxylic acids is 1. The minimum Gasteiger partial charge on any atom is -0.489 e. The number of carboxylic acid groups (broad SMARTS) is 1. The highest BCUT2D eigenvalue weighted by molar-refractivity contribution is 6.32. The maximum Gasteiger partial charge on any atom is 0.306 e. The van der Waals surface area contributed by atoms with E-state index in [0.717, 1.165) is 12.0 Å². The van der Waals surface area contributed by atoms with Crippen LogP contribution in [0, 0.1) is 11.8 Å². The third-order valence-electron chi connectivity index (χ3n) is 4.78. The number of rotatable bonds is 4. The van der Waals surface area contributed by atoms with Crippen molar-refractivity contribution in [2.75, 3.05) is 13.2 Å². The number of fused-ring (bicyclic) bond motifs is 1. The zero-order valence-electron chi connectivity index (χ0n) is 13.9. The largest absolute Gasteiger partial charge is 0.489 e. The lowest BCUT2D eigenvalue weighted by Crippen LogP contribution is -2.34. The predicted molar refractivity (Wildman–Crippen MR) is 92.0 cm³/mol. The summed E-state index contributed by atoms with van der Waals surface area (Å²) in [6.07, 6.45) is 3.15. The van der Waals surface area contributed by atoms with Crippen LogP contribution in [0.1, 0.15) is 37.7 Å². The summed E-state index contributed by atoms with van der Waals surface area (Å²) in [5.41, 5.74) is 0.849. The number of carboxylic acids is 1. The van der Waals surface area contributed by atoms with Gasteiger partial charge in [0.05, 0.1) is 24.2 Å². The lowest BCUT2D eigenvalue weighted by molar-refractivity contribution is -0.144. The van der Waals surface area contributed by atoms with Crippen LogP contribution < -0.4 is 14.8 Å². The number of carbonyl (C=O) groups is 2. The summed E-state index contributed by atoms with van der Waals surface area (Å²) in [5, 5.41) is 12.4. The molecule has 0 atom stereocenters. The maximum absolute atomic E-state index is 12.3. The minimum atomic E-state index is -0.763. The summed E-state index contributed by atoms with van der Waals surface area (Å²) in [5.74, 6) is -0.0683. The molecule has 7 heteroatoms. The molecule has 6 nitrogen and oxygen atoms in total. The van der Waals surface area contributed by atoms with Crippen molar-refractivity contribution in [3.63, 3.8) is 0 Å². The second kappa shape index (κ2) is 7.95. The molecule has 2 N–H and O–H groups in total. The van der Waals surface area contributed by atoms with Gasteiger partial charge in [-0.25, -0.2) is 0 Å². The van der Waals surface area contributed by atoms with E-state index in [1.54, 1.807) is 6.07 Å². The Morgan fingerprint density at radius 2 is 1.80 bits per heavy atom. The zero-order chi connectivity index (χ0) is 17.8. The van der Waals surface area contributed by atoms with Gasteiger partial charge in [-0.15, -0.1) is 0 Å². The Hall–Kier alpha value is -1.95. The lowest BCUT2D eigenvalue weighted by atomic mass is 9.81. The Morgan fingerprint density at radius 3 is 2.52 bits per heavy atom. The first-order valence-corrected chi connectivity index (χ1v) is 9.01. The summed E-state index contributed by atoms with van der Waals surface area (Å²) in [7, 11) is 0. The fourth-order valence-corrected chi connectivity index (χ4v) is 3.61. The van der Waals surface area contributed by atoms with Gasteiger partial charge >= 0.3 is 5.97 Å². The van der Waals surface area contributed by atoms with Crippen LogP contribution in [0.2, 0.25) is 5.02 Å². The second-order valence-corrected chi connectivity index (χ2v) is 6.97. The molecule has 0 bridgehead atoms. The molecule has 0 radical (unpaired) electrons. The molecule has 0 spiro atoms. The van der Waals surface area contributed by atoms with E-state index in [4.69, 9.17) is 26.2 Å². The van der Waals surface area contributed by atoms with E-state index in [0.29, 0.717) is 62.0 Å². The summed E-state index contributed by atoms with van der Waals surface area (Å²) >= 11 is 6.26. The van der Waals surface area contributed by atoms with Crippen LogP contribution in [0.4, 0.5) is 0 Å². The number of hydrogen-bond acceptors (Lipinski definition) is 4. The standard InChI is InChI=1S/C18H22ClNO5/c19-14-8-11(9-15-16(14)25-7-1-6-24-15)10-20-17(21)12-2-4-13(5-3-12)18(22)23/h8-9,12-13H,1-7,10H2,(H,20,21)(H,22,23). The van der Waals surface area contributed by atoms with Crippen LogP contribution in [0.3, 0.4) is 0 Å². The monoisotopic (exact) mass is 367 g/mol. The number of aliphatic carboxylic acids is 1. The molecule has 1 aromatic carbocycles.